The molecule has 0 aliphatic heterocycles. The molecule has 0 radical (unpaired) electrons. The Morgan fingerprint density at radius 1 is 1.30 bits per heavy atom. The summed E-state index contributed by atoms with van der Waals surface area (Å²) < 4.78 is 22.1. The third kappa shape index (κ3) is 6.80. The summed E-state index contributed by atoms with van der Waals surface area (Å²) in [4.78, 5) is 5.86. The van der Waals surface area contributed by atoms with Crippen LogP contribution in [0.5, 0.6) is 0 Å². The van der Waals surface area contributed by atoms with Gasteiger partial charge in [0.05, 0.1) is 12.3 Å². The van der Waals surface area contributed by atoms with Crippen molar-refractivity contribution in [2.24, 2.45) is 10.1 Å². The number of thioether (sulfide) groups is 1. The highest BCUT2D eigenvalue weighted by Crippen LogP contribution is 2.51. The van der Waals surface area contributed by atoms with Gasteiger partial charge in [0.1, 0.15) is 0 Å². The lowest BCUT2D eigenvalue weighted by Gasteiger charge is -2.15. The molecule has 1 aromatic carbocycles. The number of benzene rings is 1. The van der Waals surface area contributed by atoms with Crippen LogP contribution in [0.25, 0.3) is 0 Å². The van der Waals surface area contributed by atoms with Gasteiger partial charge in [-0.25, -0.2) is 13.6 Å². The molecule has 0 heterocycles. The third-order valence-electron chi connectivity index (χ3n) is 3.43. The first kappa shape index (κ1) is 18.1. The Morgan fingerprint density at radius 2 is 2.00 bits per heavy atom. The van der Waals surface area contributed by atoms with Gasteiger partial charge in [0.15, 0.2) is 5.96 Å². The lowest BCUT2D eigenvalue weighted by Crippen LogP contribution is -2.40. The Hall–Kier alpha value is -1.25. The Morgan fingerprint density at radius 3 is 2.57 bits per heavy atom. The number of guanidine groups is 1. The molecule has 0 amide bonds. The molecule has 0 bridgehead atoms. The minimum absolute atomic E-state index is 0.110. The van der Waals surface area contributed by atoms with E-state index in [1.807, 2.05) is 36.9 Å². The van der Waals surface area contributed by atoms with Crippen LogP contribution in [0.1, 0.15) is 19.8 Å². The van der Waals surface area contributed by atoms with Crippen LogP contribution in [0.3, 0.4) is 0 Å². The van der Waals surface area contributed by atoms with Crippen molar-refractivity contribution >= 4 is 27.7 Å². The summed E-state index contributed by atoms with van der Waals surface area (Å²) >= 11 is 1.87. The molecule has 1 aromatic rings. The predicted molar refractivity (Wildman–Crippen MR) is 96.2 cm³/mol. The fourth-order valence-electron chi connectivity index (χ4n) is 2.05. The molecule has 2 rings (SSSR count). The van der Waals surface area contributed by atoms with E-state index >= 15 is 0 Å². The van der Waals surface area contributed by atoms with E-state index in [4.69, 9.17) is 5.14 Å². The molecular weight excluding hydrogens is 332 g/mol. The molecule has 4 N–H and O–H groups in total. The van der Waals surface area contributed by atoms with Gasteiger partial charge in [-0.3, -0.25) is 4.99 Å². The minimum atomic E-state index is -3.46. The second kappa shape index (κ2) is 8.03. The second-order valence-corrected chi connectivity index (χ2v) is 8.86. The number of hydrogen-bond donors (Lipinski definition) is 3. The normalized spacial score (nSPS) is 16.9. The summed E-state index contributed by atoms with van der Waals surface area (Å²) in [5, 5.41) is 11.1. The molecule has 0 spiro atoms. The Balaban J connectivity index is 1.89. The minimum Gasteiger partial charge on any atom is -0.357 e. The van der Waals surface area contributed by atoms with E-state index in [1.54, 1.807) is 0 Å². The molecule has 23 heavy (non-hydrogen) atoms. The fraction of sp³-hybridized carbons (Fsp3) is 0.533. The summed E-state index contributed by atoms with van der Waals surface area (Å²) in [7, 11) is -3.46. The van der Waals surface area contributed by atoms with E-state index in [1.165, 1.54) is 4.90 Å². The first-order chi connectivity index (χ1) is 10.9. The highest BCUT2D eigenvalue weighted by Gasteiger charge is 2.43. The van der Waals surface area contributed by atoms with Crippen molar-refractivity contribution in [2.75, 3.05) is 25.4 Å². The smallest absolute Gasteiger partial charge is 0.210 e. The van der Waals surface area contributed by atoms with Crippen LogP contribution in [-0.4, -0.2) is 44.5 Å². The van der Waals surface area contributed by atoms with Crippen LogP contribution in [0.2, 0.25) is 0 Å². The van der Waals surface area contributed by atoms with E-state index in [9.17, 15) is 8.42 Å². The highest BCUT2D eigenvalue weighted by atomic mass is 32.2. The van der Waals surface area contributed by atoms with Gasteiger partial charge < -0.3 is 10.6 Å². The van der Waals surface area contributed by atoms with Crippen LogP contribution >= 0.6 is 11.8 Å². The van der Waals surface area contributed by atoms with Gasteiger partial charge in [-0.15, -0.1) is 11.8 Å². The maximum absolute atomic E-state index is 11.0. The van der Waals surface area contributed by atoms with Crippen molar-refractivity contribution in [3.63, 3.8) is 0 Å². The predicted octanol–water partition coefficient (Wildman–Crippen LogP) is 1.15. The van der Waals surface area contributed by atoms with E-state index in [2.05, 4.69) is 27.8 Å². The number of nitrogens with one attached hydrogen (secondary N) is 2. The first-order valence-corrected chi connectivity index (χ1v) is 10.2. The summed E-state index contributed by atoms with van der Waals surface area (Å²) in [6.45, 7) is 3.66. The number of hydrogen-bond acceptors (Lipinski definition) is 4. The highest BCUT2D eigenvalue weighted by molar-refractivity contribution is 8.01. The zero-order valence-electron chi connectivity index (χ0n) is 13.3. The topological polar surface area (TPSA) is 96.6 Å². The first-order valence-electron chi connectivity index (χ1n) is 7.69. The monoisotopic (exact) mass is 356 g/mol. The third-order valence-corrected chi connectivity index (χ3v) is 5.69. The molecule has 1 fully saturated rings. The van der Waals surface area contributed by atoms with Gasteiger partial charge in [0, 0.05) is 22.7 Å². The molecule has 0 unspecified atom stereocenters. The second-order valence-electron chi connectivity index (χ2n) is 5.59. The molecule has 0 aromatic heterocycles. The summed E-state index contributed by atoms with van der Waals surface area (Å²) in [6.07, 6.45) is 2.29. The van der Waals surface area contributed by atoms with Crippen molar-refractivity contribution < 1.29 is 8.42 Å². The Bertz CT molecular complexity index is 628. The van der Waals surface area contributed by atoms with Crippen LogP contribution in [0, 0.1) is 0 Å². The van der Waals surface area contributed by atoms with Gasteiger partial charge in [-0.1, -0.05) is 18.2 Å². The standard InChI is InChI=1S/C15H24N4O2S2/c1-2-17-14(18-10-11-23(16,20)21)19-12-15(8-9-15)22-13-6-4-3-5-7-13/h3-7H,2,8-12H2,1H3,(H2,16,20,21)(H2,17,18,19). The zero-order valence-corrected chi connectivity index (χ0v) is 14.9. The van der Waals surface area contributed by atoms with Crippen molar-refractivity contribution in [3.8, 4) is 0 Å². The lowest BCUT2D eigenvalue weighted by molar-refractivity contribution is 0.596. The fourth-order valence-corrected chi connectivity index (χ4v) is 3.66. The molecule has 0 saturated heterocycles. The van der Waals surface area contributed by atoms with Gasteiger partial charge in [0.25, 0.3) is 0 Å². The van der Waals surface area contributed by atoms with Gasteiger partial charge in [0.2, 0.25) is 10.0 Å². The van der Waals surface area contributed by atoms with Gasteiger partial charge in [-0.2, -0.15) is 0 Å². The molecule has 1 aliphatic carbocycles. The van der Waals surface area contributed by atoms with Crippen LogP contribution in [0.15, 0.2) is 40.2 Å². The molecule has 8 heteroatoms. The summed E-state index contributed by atoms with van der Waals surface area (Å²) in [5.74, 6) is 0.525. The summed E-state index contributed by atoms with van der Waals surface area (Å²) in [6, 6.07) is 10.3. The van der Waals surface area contributed by atoms with Crippen molar-refractivity contribution in [1.82, 2.24) is 10.6 Å². The number of sulfonamides is 1. The molecule has 0 atom stereocenters. The van der Waals surface area contributed by atoms with E-state index < -0.39 is 10.0 Å². The maximum atomic E-state index is 11.0. The SMILES string of the molecule is CCNC(=NCC1(Sc2ccccc2)CC1)NCCS(N)(=O)=O. The molecule has 1 saturated carbocycles. The van der Waals surface area contributed by atoms with Crippen LogP contribution in [-0.2, 0) is 10.0 Å². The van der Waals surface area contributed by atoms with Gasteiger partial charge in [-0.05, 0) is 31.9 Å². The number of aliphatic imine (C=N–C) groups is 1. The average Bonchev–Trinajstić information content (AvgIpc) is 3.24. The van der Waals surface area contributed by atoms with E-state index in [0.29, 0.717) is 12.5 Å². The van der Waals surface area contributed by atoms with Crippen LogP contribution in [0.4, 0.5) is 0 Å². The van der Waals surface area contributed by atoms with Crippen LogP contribution < -0.4 is 15.8 Å². The van der Waals surface area contributed by atoms with Crippen molar-refractivity contribution in [2.45, 2.75) is 29.4 Å². The molecule has 6 nitrogen and oxygen atoms in total. The van der Waals surface area contributed by atoms with E-state index in [-0.39, 0.29) is 17.0 Å². The summed E-state index contributed by atoms with van der Waals surface area (Å²) in [5.41, 5.74) is 0. The number of nitrogens with two attached hydrogens (primary N) is 1. The van der Waals surface area contributed by atoms with Gasteiger partial charge >= 0.3 is 0 Å². The van der Waals surface area contributed by atoms with Crippen molar-refractivity contribution in [3.05, 3.63) is 30.3 Å². The molecule has 1 aliphatic rings. The number of rotatable bonds is 8. The Labute approximate surface area is 142 Å². The average molecular weight is 357 g/mol. The van der Waals surface area contributed by atoms with Crippen molar-refractivity contribution in [1.29, 1.82) is 0 Å². The maximum Gasteiger partial charge on any atom is 0.210 e. The number of primary sulfonamides is 1. The quantitative estimate of drug-likeness (QED) is 0.480. The Kier molecular flexibility index (Phi) is 6.32. The molecular formula is C15H24N4O2S2. The lowest BCUT2D eigenvalue weighted by atomic mass is 10.4. The van der Waals surface area contributed by atoms with E-state index in [0.717, 1.165) is 19.4 Å². The largest absolute Gasteiger partial charge is 0.357 e. The number of nitrogens with zero attached hydrogens (tertiary/aromatic N) is 1. The molecule has 128 valence electrons. The zero-order chi connectivity index (χ0) is 16.8.